The summed E-state index contributed by atoms with van der Waals surface area (Å²) in [5.41, 5.74) is -0.739. The van der Waals surface area contributed by atoms with Gasteiger partial charge in [-0.25, -0.2) is 4.98 Å². The zero-order valence-electron chi connectivity index (χ0n) is 13.6. The van der Waals surface area contributed by atoms with E-state index >= 15 is 0 Å². The lowest BCUT2D eigenvalue weighted by molar-refractivity contribution is -0.0432. The van der Waals surface area contributed by atoms with Crippen LogP contribution < -0.4 is 5.56 Å². The number of nitrogens with zero attached hydrogens (tertiary/aromatic N) is 4. The van der Waals surface area contributed by atoms with Gasteiger partial charge in [0.1, 0.15) is 13.7 Å². The van der Waals surface area contributed by atoms with E-state index in [9.17, 15) is 15.0 Å². The third-order valence-electron chi connectivity index (χ3n) is 3.56. The van der Waals surface area contributed by atoms with Crippen molar-refractivity contribution in [3.63, 3.8) is 0 Å². The van der Waals surface area contributed by atoms with Gasteiger partial charge < -0.3 is 19.9 Å². The quantitative estimate of drug-likeness (QED) is 0.559. The maximum Gasteiger partial charge on any atom is 0.302 e. The predicted octanol–water partition coefficient (Wildman–Crippen LogP) is -0.987. The number of aliphatic hydroxyl groups is 2. The first-order chi connectivity index (χ1) is 11.4. The molecular formula is C12H13N5O4. The van der Waals surface area contributed by atoms with Crippen LogP contribution in [0.1, 0.15) is 16.8 Å². The lowest BCUT2D eigenvalue weighted by Crippen LogP contribution is -2.24. The summed E-state index contributed by atoms with van der Waals surface area (Å²) in [5, 5.41) is 19.1. The second kappa shape index (κ2) is 4.38. The van der Waals surface area contributed by atoms with Crippen molar-refractivity contribution in [2.24, 2.45) is 0 Å². The van der Waals surface area contributed by atoms with Crippen LogP contribution in [0.25, 0.3) is 16.9 Å². The van der Waals surface area contributed by atoms with E-state index in [-0.39, 0.29) is 48.6 Å². The molecule has 4 rings (SSSR count). The number of rotatable bonds is 2. The van der Waals surface area contributed by atoms with Crippen LogP contribution in [0.15, 0.2) is 23.4 Å². The van der Waals surface area contributed by atoms with Crippen LogP contribution in [-0.2, 0) is 4.74 Å². The van der Waals surface area contributed by atoms with Crippen molar-refractivity contribution in [3.8, 4) is 0 Å². The number of imidazole rings is 2. The summed E-state index contributed by atoms with van der Waals surface area (Å²) in [6.07, 6.45) is -3.28. The molecule has 0 amide bonds. The Bertz CT molecular complexity index is 1010. The Hall–Kier alpha value is -2.23. The topological polar surface area (TPSA) is 118 Å². The first kappa shape index (κ1) is 9.66. The van der Waals surface area contributed by atoms with Gasteiger partial charge in [0.25, 0.3) is 0 Å². The highest BCUT2D eigenvalue weighted by atomic mass is 16.5. The molecule has 4 heterocycles. The molecule has 0 bridgehead atoms. The second-order valence-corrected chi connectivity index (χ2v) is 4.81. The van der Waals surface area contributed by atoms with Gasteiger partial charge in [-0.15, -0.1) is 0 Å². The molecule has 21 heavy (non-hydrogen) atoms. The number of H-pyrrole nitrogens is 1. The van der Waals surface area contributed by atoms with Gasteiger partial charge in [0.2, 0.25) is 5.78 Å². The third kappa shape index (κ3) is 1.71. The number of aromatic amines is 1. The maximum absolute atomic E-state index is 12.1. The van der Waals surface area contributed by atoms with Crippen LogP contribution in [0, 0.1) is 0 Å². The first-order valence-corrected chi connectivity index (χ1v) is 6.33. The van der Waals surface area contributed by atoms with Crippen LogP contribution in [0.4, 0.5) is 0 Å². The van der Waals surface area contributed by atoms with Crippen LogP contribution in [-0.4, -0.2) is 52.9 Å². The standard InChI is InChI=1S/C12H13N5O4/c18-4-7-6(19)3-8(21-7)17-5-14-9-10(20)15-12-13-1-2-16(12)11(9)17/h1-2,5-8,18-19H,3-4H2,(H,13,15,20)/t6-,7-,8-/m0/s1/i1+1D,2+1D,5D. The summed E-state index contributed by atoms with van der Waals surface area (Å²) in [6.45, 7) is -0.390. The van der Waals surface area contributed by atoms with E-state index in [0.717, 1.165) is 0 Å². The molecule has 0 unspecified atom stereocenters. The van der Waals surface area contributed by atoms with E-state index in [1.807, 2.05) is 0 Å². The minimum atomic E-state index is -0.931. The van der Waals surface area contributed by atoms with E-state index in [1.54, 1.807) is 0 Å². The summed E-state index contributed by atoms with van der Waals surface area (Å²) in [7, 11) is 0. The van der Waals surface area contributed by atoms with Crippen molar-refractivity contribution in [3.05, 3.63) is 29.0 Å². The van der Waals surface area contributed by atoms with E-state index in [1.165, 1.54) is 8.97 Å². The molecule has 1 aliphatic rings. The molecule has 110 valence electrons. The van der Waals surface area contributed by atoms with E-state index < -0.39 is 24.0 Å². The van der Waals surface area contributed by atoms with Crippen molar-refractivity contribution >= 4 is 16.9 Å². The highest BCUT2D eigenvalue weighted by molar-refractivity contribution is 5.72. The molecule has 0 aliphatic carbocycles. The fourth-order valence-corrected chi connectivity index (χ4v) is 2.54. The zero-order chi connectivity index (χ0) is 17.2. The van der Waals surface area contributed by atoms with Crippen LogP contribution >= 0.6 is 0 Å². The highest BCUT2D eigenvalue weighted by Gasteiger charge is 2.35. The molecule has 9 nitrogen and oxygen atoms in total. The van der Waals surface area contributed by atoms with Crippen molar-refractivity contribution < 1.29 is 19.1 Å². The Morgan fingerprint density at radius 3 is 3.24 bits per heavy atom. The van der Waals surface area contributed by atoms with Gasteiger partial charge in [0, 0.05) is 18.8 Å². The fourth-order valence-electron chi connectivity index (χ4n) is 2.54. The molecule has 0 aromatic carbocycles. The van der Waals surface area contributed by atoms with Gasteiger partial charge in [-0.2, -0.15) is 4.98 Å². The minimum Gasteiger partial charge on any atom is -0.394 e. The summed E-state index contributed by atoms with van der Waals surface area (Å²) in [5.74, 6) is -0.0131. The number of aliphatic hydroxyl groups excluding tert-OH is 2. The average molecular weight is 296 g/mol. The largest absolute Gasteiger partial charge is 0.394 e. The second-order valence-electron chi connectivity index (χ2n) is 4.81. The highest BCUT2D eigenvalue weighted by Crippen LogP contribution is 2.30. The third-order valence-corrected chi connectivity index (χ3v) is 3.56. The smallest absolute Gasteiger partial charge is 0.302 e. The molecule has 3 N–H and O–H groups in total. The van der Waals surface area contributed by atoms with Gasteiger partial charge >= 0.3 is 5.56 Å². The van der Waals surface area contributed by atoms with Crippen molar-refractivity contribution in [1.29, 1.82) is 0 Å². The van der Waals surface area contributed by atoms with E-state index in [2.05, 4.69) is 15.0 Å². The molecule has 0 spiro atoms. The monoisotopic (exact) mass is 296 g/mol. The lowest BCUT2D eigenvalue weighted by Gasteiger charge is -2.14. The average Bonchev–Trinajstić information content (AvgIpc) is 3.14. The van der Waals surface area contributed by atoms with Gasteiger partial charge in [0.05, 0.1) is 21.8 Å². The van der Waals surface area contributed by atoms with E-state index in [4.69, 9.17) is 8.85 Å². The van der Waals surface area contributed by atoms with Crippen LogP contribution in [0.2, 0.25) is 0 Å². The molecule has 1 saturated heterocycles. The number of fused-ring (bicyclic) bond motifs is 3. The normalized spacial score (nSPS) is 28.1. The van der Waals surface area contributed by atoms with Gasteiger partial charge in [-0.1, -0.05) is 0 Å². The Labute approximate surface area is 121 Å². The summed E-state index contributed by atoms with van der Waals surface area (Å²) in [4.78, 5) is 22.3. The number of hydrogen-bond donors (Lipinski definition) is 3. The Morgan fingerprint density at radius 1 is 1.62 bits per heavy atom. The molecule has 0 saturated carbocycles. The lowest BCUT2D eigenvalue weighted by atomic mass is 10.2. The molecule has 1 fully saturated rings. The predicted molar refractivity (Wildman–Crippen MR) is 70.7 cm³/mol. The van der Waals surface area contributed by atoms with Gasteiger partial charge in [-0.3, -0.25) is 13.8 Å². The van der Waals surface area contributed by atoms with Gasteiger partial charge in [0.15, 0.2) is 11.2 Å². The summed E-state index contributed by atoms with van der Waals surface area (Å²) >= 11 is 0. The van der Waals surface area contributed by atoms with E-state index in [0.29, 0.717) is 0 Å². The molecule has 9 heteroatoms. The molecule has 0 radical (unpaired) electrons. The molecule has 3 aromatic rings. The molecular weight excluding hydrogens is 280 g/mol. The van der Waals surface area contributed by atoms with Crippen LogP contribution in [0.3, 0.4) is 0 Å². The van der Waals surface area contributed by atoms with Crippen molar-refractivity contribution in [2.45, 2.75) is 24.9 Å². The molecule has 3 aromatic heterocycles. The molecule has 3 atom stereocenters. The molecule has 1 aliphatic heterocycles. The van der Waals surface area contributed by atoms with Crippen molar-refractivity contribution in [2.75, 3.05) is 6.61 Å². The number of aromatic nitrogens is 5. The SMILES string of the molecule is [2H]c1nc2c(=O)nc3[nH][13c]([2H])[13c]([2H])n3c2n1[C@@H]1C[C@H](O)[C@H](CO)O1. The zero-order valence-corrected chi connectivity index (χ0v) is 10.6. The Balaban J connectivity index is 2.04. The number of nitrogens with one attached hydrogen (secondary N) is 1. The van der Waals surface area contributed by atoms with Gasteiger partial charge in [-0.05, 0) is 0 Å². The van der Waals surface area contributed by atoms with Crippen molar-refractivity contribution in [1.82, 2.24) is 23.9 Å². The fraction of sp³-hybridized carbons (Fsp3) is 0.417. The number of hydrogen-bond acceptors (Lipinski definition) is 6. The number of ether oxygens (including phenoxy) is 1. The van der Waals surface area contributed by atoms with Crippen LogP contribution in [0.5, 0.6) is 0 Å². The Kier molecular flexibility index (Phi) is 2.02. The maximum atomic E-state index is 12.1. The first-order valence-electron chi connectivity index (χ1n) is 7.83. The minimum absolute atomic E-state index is 0.0131. The Morgan fingerprint density at radius 2 is 2.48 bits per heavy atom. The summed E-state index contributed by atoms with van der Waals surface area (Å²) in [6, 6.07) is 0. The summed E-state index contributed by atoms with van der Waals surface area (Å²) < 4.78 is 31.7.